The molecule has 1 N–H and O–H groups in total. The molecular formula is C5H3BBrNOS. The quantitative estimate of drug-likeness (QED) is 0.704. The number of halogens is 1. The average molecular weight is 216 g/mol. The Bertz CT molecular complexity index is 250. The summed E-state index contributed by atoms with van der Waals surface area (Å²) in [5.74, 6) is -0.254. The number of rotatable bonds is 1. The maximum absolute atomic E-state index is 10.8. The molecule has 0 atom stereocenters. The van der Waals surface area contributed by atoms with Crippen LogP contribution in [0.4, 0.5) is 0 Å². The van der Waals surface area contributed by atoms with Crippen LogP contribution >= 0.6 is 27.3 Å². The van der Waals surface area contributed by atoms with E-state index in [0.717, 1.165) is 3.79 Å². The van der Waals surface area contributed by atoms with Crippen LogP contribution in [-0.4, -0.2) is 13.9 Å². The summed E-state index contributed by atoms with van der Waals surface area (Å²) in [5.41, 5.74) is 0. The molecule has 1 rings (SSSR count). The molecular weight excluding hydrogens is 213 g/mol. The van der Waals surface area contributed by atoms with Crippen LogP contribution in [0.3, 0.4) is 0 Å². The second-order valence-corrected chi connectivity index (χ2v) is 4.04. The third-order valence-electron chi connectivity index (χ3n) is 0.928. The summed E-state index contributed by atoms with van der Waals surface area (Å²) in [6.45, 7) is 0. The van der Waals surface area contributed by atoms with Gasteiger partial charge >= 0.3 is 0 Å². The molecule has 2 radical (unpaired) electrons. The predicted octanol–water partition coefficient (Wildman–Crippen LogP) is 1.32. The van der Waals surface area contributed by atoms with Crippen molar-refractivity contribution >= 4 is 41.2 Å². The minimum Gasteiger partial charge on any atom is -0.404 e. The van der Waals surface area contributed by atoms with E-state index in [4.69, 9.17) is 7.98 Å². The van der Waals surface area contributed by atoms with Crippen molar-refractivity contribution in [1.82, 2.24) is 5.23 Å². The van der Waals surface area contributed by atoms with Gasteiger partial charge in [0.1, 0.15) is 0 Å². The van der Waals surface area contributed by atoms with Gasteiger partial charge in [-0.3, -0.25) is 4.79 Å². The number of carbonyl (C=O) groups excluding carboxylic acids is 1. The van der Waals surface area contributed by atoms with E-state index >= 15 is 0 Å². The lowest BCUT2D eigenvalue weighted by molar-refractivity contribution is 0.0985. The molecule has 0 aliphatic rings. The zero-order valence-electron chi connectivity index (χ0n) is 4.93. The second kappa shape index (κ2) is 3.21. The number of nitrogens with one attached hydrogen (secondary N) is 1. The van der Waals surface area contributed by atoms with Gasteiger partial charge in [0.15, 0.2) is 0 Å². The van der Waals surface area contributed by atoms with Crippen LogP contribution in [0.15, 0.2) is 15.9 Å². The van der Waals surface area contributed by atoms with Crippen LogP contribution in [0.5, 0.6) is 0 Å². The van der Waals surface area contributed by atoms with Crippen LogP contribution in [0.2, 0.25) is 0 Å². The van der Waals surface area contributed by atoms with Crippen LogP contribution in [0.1, 0.15) is 9.67 Å². The maximum Gasteiger partial charge on any atom is 0.248 e. The molecule has 0 fully saturated rings. The van der Waals surface area contributed by atoms with Gasteiger partial charge in [-0.1, -0.05) is 0 Å². The third-order valence-corrected chi connectivity index (χ3v) is 2.55. The SMILES string of the molecule is [B]NC(=O)c1ccc(Br)s1. The van der Waals surface area contributed by atoms with E-state index in [1.54, 1.807) is 12.1 Å². The molecule has 2 nitrogen and oxygen atoms in total. The molecule has 0 saturated carbocycles. The molecule has 1 aromatic heterocycles. The maximum atomic E-state index is 10.8. The molecule has 0 aliphatic carbocycles. The van der Waals surface area contributed by atoms with E-state index in [2.05, 4.69) is 15.9 Å². The standard InChI is InChI=1S/C5H3BBrNOS/c6-8-5(9)3-1-2-4(7)10-3/h1-2H,(H,8,9). The summed E-state index contributed by atoms with van der Waals surface area (Å²) in [5, 5.41) is 2.05. The Morgan fingerprint density at radius 3 is 2.80 bits per heavy atom. The van der Waals surface area contributed by atoms with E-state index in [1.165, 1.54) is 11.3 Å². The minimum absolute atomic E-state index is 0.254. The van der Waals surface area contributed by atoms with Gasteiger partial charge < -0.3 is 5.23 Å². The second-order valence-electron chi connectivity index (χ2n) is 1.58. The van der Waals surface area contributed by atoms with Crippen molar-refractivity contribution in [3.63, 3.8) is 0 Å². The Morgan fingerprint density at radius 1 is 1.70 bits per heavy atom. The van der Waals surface area contributed by atoms with Crippen molar-refractivity contribution in [2.45, 2.75) is 0 Å². The smallest absolute Gasteiger partial charge is 0.248 e. The fourth-order valence-corrected chi connectivity index (χ4v) is 1.80. The molecule has 0 spiro atoms. The molecule has 0 saturated heterocycles. The van der Waals surface area contributed by atoms with Crippen molar-refractivity contribution in [3.8, 4) is 0 Å². The van der Waals surface area contributed by atoms with Gasteiger partial charge in [-0.05, 0) is 28.1 Å². The number of carbonyl (C=O) groups is 1. The normalized spacial score (nSPS) is 9.30. The summed E-state index contributed by atoms with van der Waals surface area (Å²) in [4.78, 5) is 11.4. The highest BCUT2D eigenvalue weighted by Gasteiger charge is 2.03. The number of amides is 1. The molecule has 0 aliphatic heterocycles. The molecule has 0 bridgehead atoms. The number of hydrogen-bond donors (Lipinski definition) is 1. The first-order valence-electron chi connectivity index (χ1n) is 2.50. The molecule has 0 aromatic carbocycles. The van der Waals surface area contributed by atoms with E-state index in [9.17, 15) is 4.79 Å². The fraction of sp³-hybridized carbons (Fsp3) is 0. The van der Waals surface area contributed by atoms with E-state index in [0.29, 0.717) is 4.88 Å². The molecule has 5 heteroatoms. The van der Waals surface area contributed by atoms with E-state index in [1.807, 2.05) is 5.23 Å². The molecule has 10 heavy (non-hydrogen) atoms. The van der Waals surface area contributed by atoms with Crippen molar-refractivity contribution < 1.29 is 4.79 Å². The zero-order valence-corrected chi connectivity index (χ0v) is 7.33. The summed E-state index contributed by atoms with van der Waals surface area (Å²) < 4.78 is 0.922. The summed E-state index contributed by atoms with van der Waals surface area (Å²) in [6.07, 6.45) is 0. The molecule has 0 unspecified atom stereocenters. The van der Waals surface area contributed by atoms with Crippen LogP contribution in [-0.2, 0) is 0 Å². The number of thiophene rings is 1. The van der Waals surface area contributed by atoms with Gasteiger partial charge in [-0.15, -0.1) is 11.3 Å². The minimum atomic E-state index is -0.254. The zero-order chi connectivity index (χ0) is 7.56. The highest BCUT2D eigenvalue weighted by atomic mass is 79.9. The van der Waals surface area contributed by atoms with E-state index < -0.39 is 0 Å². The van der Waals surface area contributed by atoms with Crippen LogP contribution in [0.25, 0.3) is 0 Å². The Balaban J connectivity index is 2.85. The lowest BCUT2D eigenvalue weighted by Crippen LogP contribution is -2.17. The van der Waals surface area contributed by atoms with Gasteiger partial charge in [0.25, 0.3) is 0 Å². The van der Waals surface area contributed by atoms with Crippen LogP contribution < -0.4 is 5.23 Å². The van der Waals surface area contributed by atoms with Gasteiger partial charge in [-0.25, -0.2) is 0 Å². The lowest BCUT2D eigenvalue weighted by atomic mass is 10.3. The topological polar surface area (TPSA) is 29.1 Å². The Hall–Kier alpha value is -0.285. The highest BCUT2D eigenvalue weighted by molar-refractivity contribution is 9.11. The summed E-state index contributed by atoms with van der Waals surface area (Å²) in [6, 6.07) is 3.51. The Labute approximate surface area is 72.2 Å². The molecule has 1 amide bonds. The van der Waals surface area contributed by atoms with Crippen molar-refractivity contribution in [3.05, 3.63) is 20.8 Å². The molecule has 50 valence electrons. The van der Waals surface area contributed by atoms with Crippen molar-refractivity contribution in [1.29, 1.82) is 0 Å². The first kappa shape index (κ1) is 7.82. The Morgan fingerprint density at radius 2 is 2.40 bits per heavy atom. The fourth-order valence-electron chi connectivity index (χ4n) is 0.507. The highest BCUT2D eigenvalue weighted by Crippen LogP contribution is 2.21. The van der Waals surface area contributed by atoms with Gasteiger partial charge in [0.2, 0.25) is 13.9 Å². The number of hydrogen-bond acceptors (Lipinski definition) is 2. The van der Waals surface area contributed by atoms with Crippen molar-refractivity contribution in [2.24, 2.45) is 0 Å². The summed E-state index contributed by atoms with van der Waals surface area (Å²) in [7, 11) is 4.91. The average Bonchev–Trinajstić information content (AvgIpc) is 2.34. The van der Waals surface area contributed by atoms with Crippen LogP contribution in [0, 0.1) is 0 Å². The van der Waals surface area contributed by atoms with Gasteiger partial charge in [-0.2, -0.15) is 0 Å². The Kier molecular flexibility index (Phi) is 2.51. The van der Waals surface area contributed by atoms with E-state index in [-0.39, 0.29) is 5.91 Å². The monoisotopic (exact) mass is 215 g/mol. The summed E-state index contributed by atoms with van der Waals surface area (Å²) >= 11 is 4.57. The van der Waals surface area contributed by atoms with Crippen molar-refractivity contribution in [2.75, 3.05) is 0 Å². The first-order chi connectivity index (χ1) is 4.74. The third kappa shape index (κ3) is 1.61. The first-order valence-corrected chi connectivity index (χ1v) is 4.11. The van der Waals surface area contributed by atoms with Gasteiger partial charge in [0, 0.05) is 0 Å². The van der Waals surface area contributed by atoms with Gasteiger partial charge in [0.05, 0.1) is 8.66 Å². The largest absolute Gasteiger partial charge is 0.404 e. The molecule has 1 aromatic rings. The lowest BCUT2D eigenvalue weighted by Gasteiger charge is -1.91. The molecule has 1 heterocycles. The predicted molar refractivity (Wildman–Crippen MR) is 45.2 cm³/mol.